The number of thioether (sulfide) groups is 1. The summed E-state index contributed by atoms with van der Waals surface area (Å²) in [4.78, 5) is 31.4. The number of hydrogen-bond acceptors (Lipinski definition) is 6. The lowest BCUT2D eigenvalue weighted by Crippen LogP contribution is -2.40. The summed E-state index contributed by atoms with van der Waals surface area (Å²) in [5.41, 5.74) is 9.94. The Hall–Kier alpha value is -3.85. The molecule has 1 fully saturated rings. The molecule has 2 N–H and O–H groups in total. The molecule has 1 aromatic heterocycles. The van der Waals surface area contributed by atoms with Gasteiger partial charge in [-0.15, -0.1) is 0 Å². The van der Waals surface area contributed by atoms with E-state index in [1.54, 1.807) is 0 Å². The van der Waals surface area contributed by atoms with Crippen molar-refractivity contribution in [3.05, 3.63) is 70.8 Å². The van der Waals surface area contributed by atoms with Gasteiger partial charge in [-0.25, -0.2) is 4.68 Å². The number of rotatable bonds is 6. The van der Waals surface area contributed by atoms with Gasteiger partial charge in [0.15, 0.2) is 5.17 Å². The molecule has 0 radical (unpaired) electrons. The second kappa shape index (κ2) is 10.9. The average Bonchev–Trinajstić information content (AvgIpc) is 3.49. The number of nitrogens with zero attached hydrogens (tertiary/aromatic N) is 4. The molecule has 0 aliphatic carbocycles. The van der Waals surface area contributed by atoms with Crippen molar-refractivity contribution in [1.29, 1.82) is 0 Å². The number of nitrogens with two attached hydrogens (primary N) is 1. The maximum Gasteiger partial charge on any atom is 0.286 e. The maximum absolute atomic E-state index is 12.9. The molecule has 0 atom stereocenters. The first-order valence-electron chi connectivity index (χ1n) is 12.8. The van der Waals surface area contributed by atoms with Gasteiger partial charge in [-0.3, -0.25) is 9.59 Å². The highest BCUT2D eigenvalue weighted by Crippen LogP contribution is 2.35. The van der Waals surface area contributed by atoms with E-state index >= 15 is 0 Å². The Morgan fingerprint density at radius 1 is 1.16 bits per heavy atom. The van der Waals surface area contributed by atoms with Gasteiger partial charge in [-0.2, -0.15) is 10.1 Å². The normalized spacial score (nSPS) is 17.4. The predicted molar refractivity (Wildman–Crippen MR) is 151 cm³/mol. The number of ether oxygens (including phenoxy) is 1. The van der Waals surface area contributed by atoms with Gasteiger partial charge in [0.05, 0.1) is 16.7 Å². The lowest BCUT2D eigenvalue weighted by Gasteiger charge is -2.31. The Labute approximate surface area is 226 Å². The SMILES string of the molecule is Cc1cc(-c2nn(-c3ccccc3)cc2/C=C2\SC(N3CCC(C(N)=O)CC3)=NC2=O)ccc1OC(C)C. The molecule has 2 amide bonds. The van der Waals surface area contributed by atoms with E-state index in [0.717, 1.165) is 33.8 Å². The van der Waals surface area contributed by atoms with Crippen molar-refractivity contribution in [3.8, 4) is 22.7 Å². The molecule has 2 aromatic carbocycles. The summed E-state index contributed by atoms with van der Waals surface area (Å²) in [6.45, 7) is 7.34. The van der Waals surface area contributed by atoms with Crippen molar-refractivity contribution in [1.82, 2.24) is 14.7 Å². The van der Waals surface area contributed by atoms with Crippen LogP contribution in [0.3, 0.4) is 0 Å². The molecule has 38 heavy (non-hydrogen) atoms. The minimum Gasteiger partial charge on any atom is -0.491 e. The van der Waals surface area contributed by atoms with Crippen LogP contribution in [0.5, 0.6) is 5.75 Å². The molecule has 8 nitrogen and oxygen atoms in total. The maximum atomic E-state index is 12.9. The number of primary amides is 1. The van der Waals surface area contributed by atoms with E-state index in [4.69, 9.17) is 15.6 Å². The van der Waals surface area contributed by atoms with Crippen LogP contribution in [-0.2, 0) is 9.59 Å². The second-order valence-corrected chi connectivity index (χ2v) is 10.8. The van der Waals surface area contributed by atoms with E-state index in [1.165, 1.54) is 11.8 Å². The Balaban J connectivity index is 1.45. The van der Waals surface area contributed by atoms with Gasteiger partial charge < -0.3 is 15.4 Å². The molecule has 0 bridgehead atoms. The number of aromatic nitrogens is 2. The van der Waals surface area contributed by atoms with Crippen LogP contribution in [0.2, 0.25) is 0 Å². The van der Waals surface area contributed by atoms with E-state index in [1.807, 2.05) is 80.2 Å². The predicted octanol–water partition coefficient (Wildman–Crippen LogP) is 4.80. The van der Waals surface area contributed by atoms with Crippen LogP contribution in [0.25, 0.3) is 23.0 Å². The summed E-state index contributed by atoms with van der Waals surface area (Å²) < 4.78 is 7.75. The summed E-state index contributed by atoms with van der Waals surface area (Å²) in [5.74, 6) is 0.198. The summed E-state index contributed by atoms with van der Waals surface area (Å²) in [6.07, 6.45) is 5.24. The van der Waals surface area contributed by atoms with Crippen LogP contribution < -0.4 is 10.5 Å². The minimum atomic E-state index is -0.266. The zero-order chi connectivity index (χ0) is 26.8. The number of aryl methyl sites for hydroxylation is 1. The highest BCUT2D eigenvalue weighted by molar-refractivity contribution is 8.18. The molecule has 1 saturated heterocycles. The van der Waals surface area contributed by atoms with Crippen LogP contribution in [0.4, 0.5) is 0 Å². The fourth-order valence-corrected chi connectivity index (χ4v) is 5.60. The molecular weight excluding hydrogens is 498 g/mol. The van der Waals surface area contributed by atoms with Gasteiger partial charge in [0.25, 0.3) is 5.91 Å². The van der Waals surface area contributed by atoms with Crippen molar-refractivity contribution < 1.29 is 14.3 Å². The highest BCUT2D eigenvalue weighted by Gasteiger charge is 2.31. The van der Waals surface area contributed by atoms with E-state index in [0.29, 0.717) is 36.0 Å². The molecule has 3 aromatic rings. The van der Waals surface area contributed by atoms with Gasteiger partial charge >= 0.3 is 0 Å². The molecule has 3 heterocycles. The largest absolute Gasteiger partial charge is 0.491 e. The first kappa shape index (κ1) is 25.8. The van der Waals surface area contributed by atoms with Crippen molar-refractivity contribution in [2.45, 2.75) is 39.7 Å². The summed E-state index contributed by atoms with van der Waals surface area (Å²) >= 11 is 1.37. The minimum absolute atomic E-state index is 0.0818. The molecule has 9 heteroatoms. The number of carbonyl (C=O) groups excluding carboxylic acids is 2. The molecule has 196 valence electrons. The first-order valence-corrected chi connectivity index (χ1v) is 13.6. The fraction of sp³-hybridized carbons (Fsp3) is 0.310. The third-order valence-electron chi connectivity index (χ3n) is 6.64. The topological polar surface area (TPSA) is 103 Å². The second-order valence-electron chi connectivity index (χ2n) is 9.83. The van der Waals surface area contributed by atoms with Crippen LogP contribution in [0.1, 0.15) is 37.8 Å². The number of carbonyl (C=O) groups is 2. The number of amides is 2. The van der Waals surface area contributed by atoms with Crippen LogP contribution in [-0.4, -0.2) is 50.9 Å². The molecule has 2 aliphatic rings. The van der Waals surface area contributed by atoms with E-state index in [9.17, 15) is 9.59 Å². The molecule has 5 rings (SSSR count). The standard InChI is InChI=1S/C29H31N5O3S/c1-18(2)37-24-10-9-21(15-19(24)3)26-22(17-34(32-26)23-7-5-4-6-8-23)16-25-28(36)31-29(38-25)33-13-11-20(12-14-33)27(30)35/h4-10,15-18,20H,11-14H2,1-3H3,(H2,30,35)/b25-16-. The number of aliphatic imine (C=N–C) groups is 1. The van der Waals surface area contributed by atoms with E-state index in [-0.39, 0.29) is 23.8 Å². The third kappa shape index (κ3) is 5.52. The van der Waals surface area contributed by atoms with E-state index in [2.05, 4.69) is 16.0 Å². The third-order valence-corrected chi connectivity index (χ3v) is 7.68. The van der Waals surface area contributed by atoms with Crippen LogP contribution in [0.15, 0.2) is 64.6 Å². The van der Waals surface area contributed by atoms with Gasteiger partial charge in [0.1, 0.15) is 11.4 Å². The monoisotopic (exact) mass is 529 g/mol. The summed E-state index contributed by atoms with van der Waals surface area (Å²) in [5, 5.41) is 5.58. The lowest BCUT2D eigenvalue weighted by atomic mass is 9.97. The van der Waals surface area contributed by atoms with Gasteiger partial charge in [0.2, 0.25) is 5.91 Å². The Bertz CT molecular complexity index is 1420. The number of likely N-dealkylation sites (tertiary alicyclic amines) is 1. The van der Waals surface area contributed by atoms with Crippen molar-refractivity contribution in [2.75, 3.05) is 13.1 Å². The summed E-state index contributed by atoms with van der Waals surface area (Å²) in [7, 11) is 0. The number of para-hydroxylation sites is 1. The quantitative estimate of drug-likeness (QED) is 0.460. The van der Waals surface area contributed by atoms with Crippen LogP contribution in [0, 0.1) is 12.8 Å². The van der Waals surface area contributed by atoms with Gasteiger partial charge in [-0.05, 0) is 87.3 Å². The Kier molecular flexibility index (Phi) is 7.37. The Morgan fingerprint density at radius 2 is 1.89 bits per heavy atom. The first-order chi connectivity index (χ1) is 18.3. The van der Waals surface area contributed by atoms with Crippen molar-refractivity contribution >= 4 is 34.8 Å². The smallest absolute Gasteiger partial charge is 0.286 e. The molecule has 0 spiro atoms. The highest BCUT2D eigenvalue weighted by atomic mass is 32.2. The van der Waals surface area contributed by atoms with Gasteiger partial charge in [0, 0.05) is 36.3 Å². The lowest BCUT2D eigenvalue weighted by molar-refractivity contribution is -0.123. The van der Waals surface area contributed by atoms with Crippen molar-refractivity contribution in [3.63, 3.8) is 0 Å². The zero-order valence-electron chi connectivity index (χ0n) is 21.8. The fourth-order valence-electron chi connectivity index (χ4n) is 4.64. The number of amidine groups is 1. The molecule has 0 unspecified atom stereocenters. The number of hydrogen-bond donors (Lipinski definition) is 1. The van der Waals surface area contributed by atoms with E-state index < -0.39 is 0 Å². The number of piperidine rings is 1. The van der Waals surface area contributed by atoms with Gasteiger partial charge in [-0.1, -0.05) is 18.2 Å². The summed E-state index contributed by atoms with van der Waals surface area (Å²) in [6, 6.07) is 15.9. The molecular formula is C29H31N5O3S. The zero-order valence-corrected chi connectivity index (χ0v) is 22.6. The number of benzene rings is 2. The molecule has 2 aliphatic heterocycles. The van der Waals surface area contributed by atoms with Crippen molar-refractivity contribution in [2.24, 2.45) is 16.6 Å². The Morgan fingerprint density at radius 3 is 2.55 bits per heavy atom. The van der Waals surface area contributed by atoms with Crippen LogP contribution >= 0.6 is 11.8 Å². The average molecular weight is 530 g/mol. The molecule has 0 saturated carbocycles.